The van der Waals surface area contributed by atoms with E-state index in [0.717, 1.165) is 5.76 Å². The molecular weight excluding hydrogens is 258 g/mol. The summed E-state index contributed by atoms with van der Waals surface area (Å²) < 4.78 is 5.16. The molecule has 0 spiro atoms. The first-order chi connectivity index (χ1) is 9.25. The number of hydrogen-bond donors (Lipinski definition) is 1. The van der Waals surface area contributed by atoms with Gasteiger partial charge in [0.25, 0.3) is 0 Å². The van der Waals surface area contributed by atoms with Crippen LogP contribution in [0.4, 0.5) is 0 Å². The number of thioether (sulfide) groups is 1. The van der Waals surface area contributed by atoms with Crippen molar-refractivity contribution in [3.63, 3.8) is 0 Å². The number of carbonyl (C=O) groups excluding carboxylic acids is 1. The molecule has 0 fully saturated rings. The molecule has 0 aliphatic rings. The lowest BCUT2D eigenvalue weighted by atomic mass is 10.2. The van der Waals surface area contributed by atoms with Crippen molar-refractivity contribution in [3.05, 3.63) is 60.1 Å². The fourth-order valence-corrected chi connectivity index (χ4v) is 2.52. The lowest BCUT2D eigenvalue weighted by Gasteiger charge is -2.11. The van der Waals surface area contributed by atoms with Gasteiger partial charge in [0.05, 0.1) is 18.6 Å². The van der Waals surface area contributed by atoms with Gasteiger partial charge in [-0.3, -0.25) is 4.79 Å². The van der Waals surface area contributed by atoms with E-state index in [9.17, 15) is 4.79 Å². The van der Waals surface area contributed by atoms with Gasteiger partial charge < -0.3 is 9.73 Å². The number of benzene rings is 1. The van der Waals surface area contributed by atoms with Crippen LogP contribution in [-0.4, -0.2) is 11.7 Å². The summed E-state index contributed by atoms with van der Waals surface area (Å²) in [4.78, 5) is 11.7. The van der Waals surface area contributed by atoms with E-state index in [1.807, 2.05) is 30.3 Å². The van der Waals surface area contributed by atoms with E-state index < -0.39 is 0 Å². The van der Waals surface area contributed by atoms with Gasteiger partial charge in [0.15, 0.2) is 0 Å². The molecule has 0 aliphatic carbocycles. The van der Waals surface area contributed by atoms with E-state index in [-0.39, 0.29) is 5.91 Å². The Morgan fingerprint density at radius 2 is 2.05 bits per heavy atom. The average molecular weight is 275 g/mol. The molecule has 0 saturated carbocycles. The van der Waals surface area contributed by atoms with Crippen molar-refractivity contribution in [2.24, 2.45) is 0 Å². The van der Waals surface area contributed by atoms with Crippen LogP contribution in [0.15, 0.2) is 53.1 Å². The molecule has 0 saturated heterocycles. The van der Waals surface area contributed by atoms with Crippen molar-refractivity contribution in [2.75, 3.05) is 5.75 Å². The number of furan rings is 1. The highest BCUT2D eigenvalue weighted by atomic mass is 32.2. The van der Waals surface area contributed by atoms with Crippen LogP contribution >= 0.6 is 11.8 Å². The van der Waals surface area contributed by atoms with Crippen molar-refractivity contribution in [1.29, 1.82) is 0 Å². The van der Waals surface area contributed by atoms with Crippen molar-refractivity contribution < 1.29 is 9.21 Å². The number of hydrogen-bond acceptors (Lipinski definition) is 3. The predicted octanol–water partition coefficient (Wildman–Crippen LogP) is 3.39. The minimum Gasteiger partial charge on any atom is -0.467 e. The molecule has 2 aromatic rings. The Bertz CT molecular complexity index is 496. The van der Waals surface area contributed by atoms with Crippen LogP contribution in [0.3, 0.4) is 0 Å². The molecule has 4 heteroatoms. The van der Waals surface area contributed by atoms with Crippen LogP contribution in [0.5, 0.6) is 0 Å². The molecule has 1 aromatic heterocycles. The summed E-state index contributed by atoms with van der Waals surface area (Å²) in [7, 11) is 0. The third-order valence-electron chi connectivity index (χ3n) is 2.77. The number of rotatable bonds is 6. The first-order valence-electron chi connectivity index (χ1n) is 6.21. The molecule has 1 atom stereocenters. The van der Waals surface area contributed by atoms with E-state index in [2.05, 4.69) is 24.4 Å². The van der Waals surface area contributed by atoms with Gasteiger partial charge in [-0.1, -0.05) is 30.3 Å². The Hall–Kier alpha value is -1.68. The van der Waals surface area contributed by atoms with E-state index in [4.69, 9.17) is 4.42 Å². The van der Waals surface area contributed by atoms with Crippen LogP contribution < -0.4 is 5.32 Å². The fraction of sp³-hybridized carbons (Fsp3) is 0.267. The maximum Gasteiger partial charge on any atom is 0.230 e. The van der Waals surface area contributed by atoms with E-state index >= 15 is 0 Å². The van der Waals surface area contributed by atoms with Crippen molar-refractivity contribution >= 4 is 17.7 Å². The molecular formula is C15H17NO2S. The highest BCUT2D eigenvalue weighted by Gasteiger charge is 2.09. The number of carbonyl (C=O) groups is 1. The third-order valence-corrected chi connectivity index (χ3v) is 3.97. The Morgan fingerprint density at radius 3 is 2.74 bits per heavy atom. The van der Waals surface area contributed by atoms with Crippen molar-refractivity contribution in [3.8, 4) is 0 Å². The lowest BCUT2D eigenvalue weighted by Crippen LogP contribution is -2.24. The zero-order valence-electron chi connectivity index (χ0n) is 10.8. The molecule has 19 heavy (non-hydrogen) atoms. The quantitative estimate of drug-likeness (QED) is 0.878. The van der Waals surface area contributed by atoms with Gasteiger partial charge in [-0.25, -0.2) is 0 Å². The summed E-state index contributed by atoms with van der Waals surface area (Å²) in [5.41, 5.74) is 1.24. The highest BCUT2D eigenvalue weighted by Crippen LogP contribution is 2.27. The molecule has 0 radical (unpaired) electrons. The lowest BCUT2D eigenvalue weighted by molar-refractivity contribution is -0.118. The van der Waals surface area contributed by atoms with Crippen LogP contribution in [0.2, 0.25) is 0 Å². The summed E-state index contributed by atoms with van der Waals surface area (Å²) in [5, 5.41) is 3.15. The minimum absolute atomic E-state index is 0.0316. The largest absolute Gasteiger partial charge is 0.467 e. The van der Waals surface area contributed by atoms with Gasteiger partial charge in [-0.2, -0.15) is 0 Å². The van der Waals surface area contributed by atoms with Crippen molar-refractivity contribution in [1.82, 2.24) is 5.32 Å². The second kappa shape index (κ2) is 7.04. The maximum absolute atomic E-state index is 11.7. The molecule has 1 aromatic carbocycles. The molecule has 2 rings (SSSR count). The number of nitrogens with one attached hydrogen (secondary N) is 1. The molecule has 0 bridgehead atoms. The van der Waals surface area contributed by atoms with Gasteiger partial charge in [-0.05, 0) is 24.6 Å². The summed E-state index contributed by atoms with van der Waals surface area (Å²) in [6, 6.07) is 13.9. The van der Waals surface area contributed by atoms with Crippen LogP contribution in [0.1, 0.15) is 23.5 Å². The van der Waals surface area contributed by atoms with Gasteiger partial charge in [-0.15, -0.1) is 11.8 Å². The van der Waals surface area contributed by atoms with Crippen LogP contribution in [-0.2, 0) is 11.3 Å². The molecule has 1 heterocycles. The Morgan fingerprint density at radius 1 is 1.26 bits per heavy atom. The van der Waals surface area contributed by atoms with Crippen LogP contribution in [0.25, 0.3) is 0 Å². The topological polar surface area (TPSA) is 42.2 Å². The van der Waals surface area contributed by atoms with Gasteiger partial charge >= 0.3 is 0 Å². The maximum atomic E-state index is 11.7. The molecule has 0 aliphatic heterocycles. The van der Waals surface area contributed by atoms with Gasteiger partial charge in [0, 0.05) is 5.25 Å². The molecule has 100 valence electrons. The summed E-state index contributed by atoms with van der Waals surface area (Å²) >= 11 is 1.63. The fourth-order valence-electron chi connectivity index (χ4n) is 1.67. The molecule has 1 amide bonds. The SMILES string of the molecule is CC(SCC(=O)NCc1ccco1)c1ccccc1. The molecule has 3 nitrogen and oxygen atoms in total. The Kier molecular flexibility index (Phi) is 5.10. The first kappa shape index (κ1) is 13.7. The summed E-state index contributed by atoms with van der Waals surface area (Å²) in [6.45, 7) is 2.56. The highest BCUT2D eigenvalue weighted by molar-refractivity contribution is 8.00. The van der Waals surface area contributed by atoms with Gasteiger partial charge in [0.2, 0.25) is 5.91 Å². The Labute approximate surface area is 117 Å². The van der Waals surface area contributed by atoms with E-state index in [1.54, 1.807) is 18.0 Å². The second-order valence-electron chi connectivity index (χ2n) is 4.22. The average Bonchev–Trinajstić information content (AvgIpc) is 2.96. The number of amides is 1. The second-order valence-corrected chi connectivity index (χ2v) is 5.55. The molecule has 1 N–H and O–H groups in total. The third kappa shape index (κ3) is 4.48. The predicted molar refractivity (Wildman–Crippen MR) is 77.9 cm³/mol. The standard InChI is InChI=1S/C15H17NO2S/c1-12(13-6-3-2-4-7-13)19-11-15(17)16-10-14-8-5-9-18-14/h2-9,12H,10-11H2,1H3,(H,16,17). The Balaban J connectivity index is 1.71. The van der Waals surface area contributed by atoms with Crippen molar-refractivity contribution in [2.45, 2.75) is 18.7 Å². The van der Waals surface area contributed by atoms with E-state index in [1.165, 1.54) is 5.56 Å². The smallest absolute Gasteiger partial charge is 0.230 e. The zero-order chi connectivity index (χ0) is 13.5. The normalized spacial score (nSPS) is 12.1. The minimum atomic E-state index is 0.0316. The van der Waals surface area contributed by atoms with Crippen LogP contribution in [0, 0.1) is 0 Å². The first-order valence-corrected chi connectivity index (χ1v) is 7.26. The monoisotopic (exact) mass is 275 g/mol. The zero-order valence-corrected chi connectivity index (χ0v) is 11.7. The summed E-state index contributed by atoms with van der Waals surface area (Å²) in [6.07, 6.45) is 1.60. The van der Waals surface area contributed by atoms with E-state index in [0.29, 0.717) is 17.5 Å². The molecule has 1 unspecified atom stereocenters. The van der Waals surface area contributed by atoms with Gasteiger partial charge in [0.1, 0.15) is 5.76 Å². The summed E-state index contributed by atoms with van der Waals surface area (Å²) in [5.74, 6) is 1.26.